The number of aryl methyl sites for hydroxylation is 1. The SMILES string of the molecule is Cc1sc(CN)cc1Cn1cncn1. The van der Waals surface area contributed by atoms with E-state index in [9.17, 15) is 0 Å². The lowest BCUT2D eigenvalue weighted by Crippen LogP contribution is -1.99. The van der Waals surface area contributed by atoms with Gasteiger partial charge in [0.15, 0.2) is 0 Å². The van der Waals surface area contributed by atoms with Crippen molar-refractivity contribution in [1.29, 1.82) is 0 Å². The van der Waals surface area contributed by atoms with Crippen LogP contribution in [0.5, 0.6) is 0 Å². The Morgan fingerprint density at radius 1 is 1.57 bits per heavy atom. The molecule has 0 aromatic carbocycles. The van der Waals surface area contributed by atoms with Gasteiger partial charge in [0.25, 0.3) is 0 Å². The average molecular weight is 208 g/mol. The van der Waals surface area contributed by atoms with Crippen LogP contribution in [0.15, 0.2) is 18.7 Å². The van der Waals surface area contributed by atoms with E-state index >= 15 is 0 Å². The van der Waals surface area contributed by atoms with Crippen LogP contribution in [0.3, 0.4) is 0 Å². The molecule has 0 unspecified atom stereocenters. The first-order chi connectivity index (χ1) is 6.79. The number of aromatic nitrogens is 3. The van der Waals surface area contributed by atoms with Crippen molar-refractivity contribution in [2.24, 2.45) is 5.73 Å². The molecule has 2 aromatic heterocycles. The van der Waals surface area contributed by atoms with Gasteiger partial charge in [-0.05, 0) is 18.6 Å². The van der Waals surface area contributed by atoms with Crippen molar-refractivity contribution in [3.8, 4) is 0 Å². The highest BCUT2D eigenvalue weighted by molar-refractivity contribution is 7.12. The summed E-state index contributed by atoms with van der Waals surface area (Å²) in [6.07, 6.45) is 3.27. The maximum Gasteiger partial charge on any atom is 0.137 e. The molecule has 0 atom stereocenters. The molecule has 0 amide bonds. The van der Waals surface area contributed by atoms with E-state index in [0.717, 1.165) is 6.54 Å². The second kappa shape index (κ2) is 3.89. The fraction of sp³-hybridized carbons (Fsp3) is 0.333. The van der Waals surface area contributed by atoms with Gasteiger partial charge in [-0.2, -0.15) is 5.10 Å². The Bertz CT molecular complexity index is 404. The van der Waals surface area contributed by atoms with E-state index < -0.39 is 0 Å². The van der Waals surface area contributed by atoms with Crippen molar-refractivity contribution < 1.29 is 0 Å². The van der Waals surface area contributed by atoms with Gasteiger partial charge in [-0.3, -0.25) is 0 Å². The van der Waals surface area contributed by atoms with E-state index in [-0.39, 0.29) is 0 Å². The summed E-state index contributed by atoms with van der Waals surface area (Å²) in [6, 6.07) is 2.14. The summed E-state index contributed by atoms with van der Waals surface area (Å²) >= 11 is 1.75. The highest BCUT2D eigenvalue weighted by Gasteiger charge is 2.05. The highest BCUT2D eigenvalue weighted by atomic mass is 32.1. The maximum atomic E-state index is 5.58. The maximum absolute atomic E-state index is 5.58. The highest BCUT2D eigenvalue weighted by Crippen LogP contribution is 2.21. The zero-order valence-electron chi connectivity index (χ0n) is 7.97. The lowest BCUT2D eigenvalue weighted by atomic mass is 10.2. The van der Waals surface area contributed by atoms with Crippen LogP contribution in [-0.4, -0.2) is 14.8 Å². The molecule has 0 fully saturated rings. The predicted octanol–water partition coefficient (Wildman–Crippen LogP) is 1.16. The Morgan fingerprint density at radius 2 is 2.43 bits per heavy atom. The van der Waals surface area contributed by atoms with Gasteiger partial charge in [0.05, 0.1) is 6.54 Å². The molecule has 0 radical (unpaired) electrons. The van der Waals surface area contributed by atoms with Gasteiger partial charge in [0, 0.05) is 16.3 Å². The second-order valence-electron chi connectivity index (χ2n) is 3.09. The Balaban J connectivity index is 2.20. The molecule has 74 valence electrons. The lowest BCUT2D eigenvalue weighted by Gasteiger charge is -1.98. The van der Waals surface area contributed by atoms with Crippen LogP contribution in [-0.2, 0) is 13.1 Å². The molecule has 0 saturated carbocycles. The Morgan fingerprint density at radius 3 is 3.00 bits per heavy atom. The van der Waals surface area contributed by atoms with E-state index in [2.05, 4.69) is 23.1 Å². The number of rotatable bonds is 3. The monoisotopic (exact) mass is 208 g/mol. The minimum absolute atomic E-state index is 0.614. The van der Waals surface area contributed by atoms with Gasteiger partial charge in [0.2, 0.25) is 0 Å². The molecule has 0 aliphatic heterocycles. The molecule has 0 spiro atoms. The molecule has 0 bridgehead atoms. The summed E-state index contributed by atoms with van der Waals surface area (Å²) in [5, 5.41) is 4.07. The van der Waals surface area contributed by atoms with Gasteiger partial charge in [0.1, 0.15) is 12.7 Å². The third kappa shape index (κ3) is 1.83. The summed E-state index contributed by atoms with van der Waals surface area (Å²) in [4.78, 5) is 6.43. The van der Waals surface area contributed by atoms with E-state index in [4.69, 9.17) is 5.73 Å². The quantitative estimate of drug-likeness (QED) is 0.823. The Hall–Kier alpha value is -1.20. The van der Waals surface area contributed by atoms with Gasteiger partial charge >= 0.3 is 0 Å². The van der Waals surface area contributed by atoms with E-state index in [1.165, 1.54) is 15.3 Å². The molecule has 14 heavy (non-hydrogen) atoms. The summed E-state index contributed by atoms with van der Waals surface area (Å²) in [7, 11) is 0. The minimum atomic E-state index is 0.614. The third-order valence-electron chi connectivity index (χ3n) is 2.07. The van der Waals surface area contributed by atoms with Crippen LogP contribution in [0.4, 0.5) is 0 Å². The normalized spacial score (nSPS) is 10.7. The summed E-state index contributed by atoms with van der Waals surface area (Å²) in [6.45, 7) is 3.50. The smallest absolute Gasteiger partial charge is 0.137 e. The van der Waals surface area contributed by atoms with Gasteiger partial charge in [-0.25, -0.2) is 9.67 Å². The van der Waals surface area contributed by atoms with Crippen LogP contribution < -0.4 is 5.73 Å². The molecule has 0 aliphatic carbocycles. The molecule has 2 aromatic rings. The van der Waals surface area contributed by atoms with Crippen molar-refractivity contribution in [2.45, 2.75) is 20.0 Å². The van der Waals surface area contributed by atoms with Gasteiger partial charge in [-0.15, -0.1) is 11.3 Å². The first kappa shape index (κ1) is 9.36. The molecular weight excluding hydrogens is 196 g/mol. The number of hydrogen-bond acceptors (Lipinski definition) is 4. The largest absolute Gasteiger partial charge is 0.326 e. The first-order valence-electron chi connectivity index (χ1n) is 4.40. The van der Waals surface area contributed by atoms with E-state index in [0.29, 0.717) is 6.54 Å². The molecule has 2 rings (SSSR count). The molecule has 2 N–H and O–H groups in total. The standard InChI is InChI=1S/C9H12N4S/c1-7-8(2-9(3-10)14-7)4-13-6-11-5-12-13/h2,5-6H,3-4,10H2,1H3. The lowest BCUT2D eigenvalue weighted by molar-refractivity contribution is 0.684. The van der Waals surface area contributed by atoms with E-state index in [1.807, 2.05) is 4.68 Å². The minimum Gasteiger partial charge on any atom is -0.326 e. The molecule has 0 saturated heterocycles. The van der Waals surface area contributed by atoms with Crippen molar-refractivity contribution in [2.75, 3.05) is 0 Å². The van der Waals surface area contributed by atoms with Crippen molar-refractivity contribution >= 4 is 11.3 Å². The predicted molar refractivity (Wildman–Crippen MR) is 56.1 cm³/mol. The molecule has 2 heterocycles. The van der Waals surface area contributed by atoms with Crippen LogP contribution >= 0.6 is 11.3 Å². The fourth-order valence-electron chi connectivity index (χ4n) is 1.33. The number of nitrogens with zero attached hydrogens (tertiary/aromatic N) is 3. The number of thiophene rings is 1. The Labute approximate surface area is 86.4 Å². The summed E-state index contributed by atoms with van der Waals surface area (Å²) in [5.74, 6) is 0. The topological polar surface area (TPSA) is 56.7 Å². The summed E-state index contributed by atoms with van der Waals surface area (Å²) in [5.41, 5.74) is 6.86. The molecule has 0 aliphatic rings. The van der Waals surface area contributed by atoms with Crippen LogP contribution in [0, 0.1) is 6.92 Å². The first-order valence-corrected chi connectivity index (χ1v) is 5.22. The zero-order chi connectivity index (χ0) is 9.97. The van der Waals surface area contributed by atoms with E-state index in [1.54, 1.807) is 24.0 Å². The Kier molecular flexibility index (Phi) is 2.60. The van der Waals surface area contributed by atoms with Crippen molar-refractivity contribution in [3.63, 3.8) is 0 Å². The van der Waals surface area contributed by atoms with Crippen molar-refractivity contribution in [1.82, 2.24) is 14.8 Å². The van der Waals surface area contributed by atoms with Crippen molar-refractivity contribution in [3.05, 3.63) is 34.0 Å². The second-order valence-corrected chi connectivity index (χ2v) is 4.43. The van der Waals surface area contributed by atoms with Gasteiger partial charge in [-0.1, -0.05) is 0 Å². The zero-order valence-corrected chi connectivity index (χ0v) is 8.79. The third-order valence-corrected chi connectivity index (χ3v) is 3.19. The fourth-order valence-corrected chi connectivity index (χ4v) is 2.27. The average Bonchev–Trinajstić information content (AvgIpc) is 2.78. The van der Waals surface area contributed by atoms with Crippen LogP contribution in [0.2, 0.25) is 0 Å². The van der Waals surface area contributed by atoms with Crippen LogP contribution in [0.25, 0.3) is 0 Å². The molecular formula is C9H12N4S. The molecule has 5 heteroatoms. The van der Waals surface area contributed by atoms with Gasteiger partial charge < -0.3 is 5.73 Å². The summed E-state index contributed by atoms with van der Waals surface area (Å²) < 4.78 is 1.81. The number of hydrogen-bond donors (Lipinski definition) is 1. The number of nitrogens with two attached hydrogens (primary N) is 1. The van der Waals surface area contributed by atoms with Crippen LogP contribution in [0.1, 0.15) is 15.3 Å². The molecule has 4 nitrogen and oxygen atoms in total.